The molecule has 1 aliphatic heterocycles. The lowest BCUT2D eigenvalue weighted by atomic mass is 10.1. The molecule has 2 heterocycles. The summed E-state index contributed by atoms with van der Waals surface area (Å²) in [6.45, 7) is 5.19. The van der Waals surface area contributed by atoms with E-state index in [4.69, 9.17) is 4.74 Å². The van der Waals surface area contributed by atoms with Gasteiger partial charge in [-0.15, -0.1) is 0 Å². The number of carbonyl (C=O) groups excluding carboxylic acids is 3. The molecule has 4 rings (SSSR count). The van der Waals surface area contributed by atoms with Crippen molar-refractivity contribution in [1.82, 2.24) is 4.57 Å². The van der Waals surface area contributed by atoms with Crippen molar-refractivity contribution in [2.45, 2.75) is 33.2 Å². The molecule has 1 saturated heterocycles. The van der Waals surface area contributed by atoms with Crippen LogP contribution in [-0.4, -0.2) is 36.0 Å². The fraction of sp³-hybridized carbons (Fsp3) is 0.304. The van der Waals surface area contributed by atoms with Gasteiger partial charge in [0.2, 0.25) is 11.8 Å². The molecular formula is C23H23N3O4S. The van der Waals surface area contributed by atoms with Gasteiger partial charge in [-0.2, -0.15) is 4.99 Å². The van der Waals surface area contributed by atoms with Crippen LogP contribution in [0.5, 0.6) is 0 Å². The van der Waals surface area contributed by atoms with E-state index in [0.717, 1.165) is 21.3 Å². The van der Waals surface area contributed by atoms with Gasteiger partial charge in [0.05, 0.1) is 22.5 Å². The number of aryl methyl sites for hydroxylation is 2. The zero-order valence-corrected chi connectivity index (χ0v) is 18.5. The van der Waals surface area contributed by atoms with Crippen molar-refractivity contribution in [3.63, 3.8) is 0 Å². The number of fused-ring (bicyclic) bond motifs is 1. The van der Waals surface area contributed by atoms with Crippen LogP contribution in [0.1, 0.15) is 34.3 Å². The smallest absolute Gasteiger partial charge is 0.279 e. The highest BCUT2D eigenvalue weighted by atomic mass is 32.1. The third-order valence-electron chi connectivity index (χ3n) is 5.25. The first-order valence-electron chi connectivity index (χ1n) is 10.0. The summed E-state index contributed by atoms with van der Waals surface area (Å²) in [6, 6.07) is 10.6. The van der Waals surface area contributed by atoms with E-state index in [9.17, 15) is 14.4 Å². The molecule has 160 valence electrons. The van der Waals surface area contributed by atoms with E-state index in [0.29, 0.717) is 29.2 Å². The summed E-state index contributed by atoms with van der Waals surface area (Å²) in [7, 11) is 1.64. The number of benzene rings is 2. The maximum atomic E-state index is 12.9. The summed E-state index contributed by atoms with van der Waals surface area (Å²) in [4.78, 5) is 42.9. The van der Waals surface area contributed by atoms with Gasteiger partial charge in [0, 0.05) is 32.1 Å². The number of ether oxygens (including phenoxy) is 1. The van der Waals surface area contributed by atoms with E-state index in [2.05, 4.69) is 24.0 Å². The predicted molar refractivity (Wildman–Crippen MR) is 119 cm³/mol. The Labute approximate surface area is 183 Å². The molecule has 0 spiro atoms. The predicted octanol–water partition coefficient (Wildman–Crippen LogP) is 3.36. The van der Waals surface area contributed by atoms with E-state index in [-0.39, 0.29) is 30.6 Å². The van der Waals surface area contributed by atoms with Gasteiger partial charge in [-0.1, -0.05) is 17.4 Å². The van der Waals surface area contributed by atoms with Gasteiger partial charge in [0.25, 0.3) is 5.91 Å². The van der Waals surface area contributed by atoms with Gasteiger partial charge in [-0.05, 0) is 55.3 Å². The molecule has 0 atom stereocenters. The van der Waals surface area contributed by atoms with E-state index < -0.39 is 0 Å². The minimum absolute atomic E-state index is 0.219. The van der Waals surface area contributed by atoms with E-state index in [1.807, 2.05) is 11.5 Å². The van der Waals surface area contributed by atoms with Crippen LogP contribution >= 0.6 is 11.3 Å². The van der Waals surface area contributed by atoms with Crippen LogP contribution in [0.15, 0.2) is 41.4 Å². The number of methoxy groups -OCH3 is 1. The van der Waals surface area contributed by atoms with Crippen molar-refractivity contribution in [3.8, 4) is 0 Å². The van der Waals surface area contributed by atoms with Crippen LogP contribution in [0.25, 0.3) is 10.2 Å². The number of imide groups is 1. The highest BCUT2D eigenvalue weighted by molar-refractivity contribution is 7.16. The lowest BCUT2D eigenvalue weighted by Gasteiger charge is -2.13. The lowest BCUT2D eigenvalue weighted by Crippen LogP contribution is -2.28. The molecule has 0 saturated carbocycles. The van der Waals surface area contributed by atoms with Gasteiger partial charge in [-0.25, -0.2) is 0 Å². The molecule has 0 aliphatic carbocycles. The molecular weight excluding hydrogens is 414 g/mol. The Bertz CT molecular complexity index is 1240. The molecule has 0 unspecified atom stereocenters. The summed E-state index contributed by atoms with van der Waals surface area (Å²) in [5.41, 5.74) is 4.21. The Balaban J connectivity index is 1.71. The summed E-state index contributed by atoms with van der Waals surface area (Å²) < 4.78 is 8.34. The highest BCUT2D eigenvalue weighted by Crippen LogP contribution is 2.24. The fourth-order valence-corrected chi connectivity index (χ4v) is 5.07. The van der Waals surface area contributed by atoms with E-state index >= 15 is 0 Å². The average Bonchev–Trinajstić information content (AvgIpc) is 3.25. The molecule has 0 radical (unpaired) electrons. The standard InChI is InChI=1S/C23H23N3O4S/c1-14-12-15(2)21-18(13-14)31-23(25(21)10-11-30-3)24-22(29)16-4-6-17(7-5-16)26-19(27)8-9-20(26)28/h4-7,12-13H,8-11H2,1-3H3. The molecule has 3 aromatic rings. The first kappa shape index (κ1) is 21.1. The van der Waals surface area contributed by atoms with Crippen molar-refractivity contribution in [3.05, 3.63) is 57.9 Å². The number of carbonyl (C=O) groups is 3. The molecule has 0 bridgehead atoms. The first-order valence-corrected chi connectivity index (χ1v) is 10.8. The topological polar surface area (TPSA) is 81.0 Å². The molecule has 7 nitrogen and oxygen atoms in total. The number of hydrogen-bond acceptors (Lipinski definition) is 5. The Hall–Kier alpha value is -3.10. The number of thiazole rings is 1. The second kappa shape index (κ2) is 8.56. The monoisotopic (exact) mass is 437 g/mol. The molecule has 0 N–H and O–H groups in total. The Morgan fingerprint density at radius 3 is 2.42 bits per heavy atom. The average molecular weight is 438 g/mol. The third kappa shape index (κ3) is 4.08. The number of rotatable bonds is 5. The van der Waals surface area contributed by atoms with Crippen LogP contribution in [0, 0.1) is 13.8 Å². The van der Waals surface area contributed by atoms with Crippen LogP contribution in [0.3, 0.4) is 0 Å². The van der Waals surface area contributed by atoms with Crippen molar-refractivity contribution >= 4 is 45.0 Å². The molecule has 1 aromatic heterocycles. The second-order valence-corrected chi connectivity index (χ2v) is 8.55. The number of aromatic nitrogens is 1. The van der Waals surface area contributed by atoms with E-state index in [1.165, 1.54) is 16.2 Å². The zero-order chi connectivity index (χ0) is 22.1. The van der Waals surface area contributed by atoms with Gasteiger partial charge >= 0.3 is 0 Å². The maximum Gasteiger partial charge on any atom is 0.279 e. The fourth-order valence-electron chi connectivity index (χ4n) is 3.84. The molecule has 2 aromatic carbocycles. The van der Waals surface area contributed by atoms with Gasteiger partial charge in [-0.3, -0.25) is 19.3 Å². The Kier molecular flexibility index (Phi) is 5.84. The van der Waals surface area contributed by atoms with Crippen molar-refractivity contribution < 1.29 is 19.1 Å². The quantitative estimate of drug-likeness (QED) is 0.573. The summed E-state index contributed by atoms with van der Waals surface area (Å²) in [6.07, 6.45) is 0.447. The van der Waals surface area contributed by atoms with Crippen LogP contribution in [0.4, 0.5) is 5.69 Å². The Morgan fingerprint density at radius 1 is 1.10 bits per heavy atom. The van der Waals surface area contributed by atoms with Gasteiger partial charge in [0.1, 0.15) is 0 Å². The minimum atomic E-state index is -0.377. The number of anilines is 1. The highest BCUT2D eigenvalue weighted by Gasteiger charge is 2.30. The van der Waals surface area contributed by atoms with Crippen LogP contribution in [0.2, 0.25) is 0 Å². The SMILES string of the molecule is COCCn1c(=NC(=O)c2ccc(N3C(=O)CCC3=O)cc2)sc2cc(C)cc(C)c21. The summed E-state index contributed by atoms with van der Waals surface area (Å²) in [5.74, 6) is -0.814. The number of hydrogen-bond donors (Lipinski definition) is 0. The van der Waals surface area contributed by atoms with Crippen molar-refractivity contribution in [2.24, 2.45) is 4.99 Å². The summed E-state index contributed by atoms with van der Waals surface area (Å²) >= 11 is 1.47. The summed E-state index contributed by atoms with van der Waals surface area (Å²) in [5, 5.41) is 0. The van der Waals surface area contributed by atoms with E-state index in [1.54, 1.807) is 31.4 Å². The largest absolute Gasteiger partial charge is 0.383 e. The van der Waals surface area contributed by atoms with Crippen molar-refractivity contribution in [1.29, 1.82) is 0 Å². The zero-order valence-electron chi connectivity index (χ0n) is 17.7. The van der Waals surface area contributed by atoms with Crippen LogP contribution in [-0.2, 0) is 20.9 Å². The van der Waals surface area contributed by atoms with Gasteiger partial charge in [0.15, 0.2) is 4.80 Å². The second-order valence-electron chi connectivity index (χ2n) is 7.54. The van der Waals surface area contributed by atoms with Crippen LogP contribution < -0.4 is 9.70 Å². The van der Waals surface area contributed by atoms with Crippen molar-refractivity contribution in [2.75, 3.05) is 18.6 Å². The third-order valence-corrected chi connectivity index (χ3v) is 6.28. The lowest BCUT2D eigenvalue weighted by molar-refractivity contribution is -0.121. The minimum Gasteiger partial charge on any atom is -0.383 e. The normalized spacial score (nSPS) is 14.8. The Morgan fingerprint density at radius 2 is 1.77 bits per heavy atom. The number of nitrogens with zero attached hydrogens (tertiary/aromatic N) is 3. The molecule has 3 amide bonds. The molecule has 1 fully saturated rings. The maximum absolute atomic E-state index is 12.9. The van der Waals surface area contributed by atoms with Gasteiger partial charge < -0.3 is 9.30 Å². The molecule has 1 aliphatic rings. The first-order chi connectivity index (χ1) is 14.9. The molecule has 8 heteroatoms. The number of amides is 3. The molecule has 31 heavy (non-hydrogen) atoms.